The zero-order valence-corrected chi connectivity index (χ0v) is 10.3. The first-order valence-electron chi connectivity index (χ1n) is 5.88. The summed E-state index contributed by atoms with van der Waals surface area (Å²) in [4.78, 5) is 26.4. The van der Waals surface area contributed by atoms with E-state index in [0.717, 1.165) is 19.5 Å². The Hall–Kier alpha value is -1.36. The monoisotopic (exact) mass is 240 g/mol. The zero-order valence-electron chi connectivity index (χ0n) is 10.3. The second-order valence-electron chi connectivity index (χ2n) is 4.35. The summed E-state index contributed by atoms with van der Waals surface area (Å²) >= 11 is 0. The van der Waals surface area contributed by atoms with Crippen LogP contribution in [-0.4, -0.2) is 59.5 Å². The minimum absolute atomic E-state index is 0.0191. The Morgan fingerprint density at radius 2 is 2.29 bits per heavy atom. The van der Waals surface area contributed by atoms with Crippen molar-refractivity contribution >= 4 is 11.9 Å². The van der Waals surface area contributed by atoms with Gasteiger partial charge in [0.15, 0.2) is 0 Å². The molecular weight excluding hydrogens is 220 g/mol. The van der Waals surface area contributed by atoms with Crippen molar-refractivity contribution < 1.29 is 14.7 Å². The van der Waals surface area contributed by atoms with E-state index in [-0.39, 0.29) is 18.4 Å². The molecule has 0 aromatic carbocycles. The largest absolute Gasteiger partial charge is 0.481 e. The van der Waals surface area contributed by atoms with Gasteiger partial charge in [-0.1, -0.05) is 6.08 Å². The minimum atomic E-state index is -0.858. The van der Waals surface area contributed by atoms with Gasteiger partial charge in [0.1, 0.15) is 0 Å². The third kappa shape index (κ3) is 3.85. The number of carboxylic acid groups (broad SMARTS) is 1. The first kappa shape index (κ1) is 13.7. The van der Waals surface area contributed by atoms with Crippen LogP contribution in [0.3, 0.4) is 0 Å². The summed E-state index contributed by atoms with van der Waals surface area (Å²) in [5.74, 6) is -0.839. The molecule has 0 radical (unpaired) electrons. The molecule has 1 rings (SSSR count). The molecule has 0 aromatic heterocycles. The molecule has 17 heavy (non-hydrogen) atoms. The molecule has 1 unspecified atom stereocenters. The van der Waals surface area contributed by atoms with Crippen molar-refractivity contribution in [1.82, 2.24) is 9.80 Å². The zero-order chi connectivity index (χ0) is 12.8. The number of carboxylic acids is 1. The van der Waals surface area contributed by atoms with Crippen molar-refractivity contribution in [2.45, 2.75) is 25.3 Å². The molecule has 1 heterocycles. The van der Waals surface area contributed by atoms with Crippen LogP contribution in [0.15, 0.2) is 12.7 Å². The van der Waals surface area contributed by atoms with Crippen LogP contribution in [-0.2, 0) is 9.59 Å². The molecule has 0 aromatic rings. The van der Waals surface area contributed by atoms with Crippen molar-refractivity contribution in [3.05, 3.63) is 12.7 Å². The molecule has 1 saturated heterocycles. The van der Waals surface area contributed by atoms with E-state index in [0.29, 0.717) is 13.0 Å². The maximum atomic E-state index is 12.1. The van der Waals surface area contributed by atoms with E-state index in [1.54, 1.807) is 18.0 Å². The van der Waals surface area contributed by atoms with Crippen LogP contribution < -0.4 is 0 Å². The molecule has 0 spiro atoms. The highest BCUT2D eigenvalue weighted by molar-refractivity contribution is 5.82. The number of aliphatic carboxylic acids is 1. The van der Waals surface area contributed by atoms with E-state index in [1.165, 1.54) is 0 Å². The molecule has 0 bridgehead atoms. The maximum absolute atomic E-state index is 12.1. The third-order valence-corrected chi connectivity index (χ3v) is 3.04. The van der Waals surface area contributed by atoms with Crippen LogP contribution in [0, 0.1) is 0 Å². The molecule has 1 aliphatic rings. The predicted molar refractivity (Wildman–Crippen MR) is 64.7 cm³/mol. The Labute approximate surface area is 102 Å². The third-order valence-electron chi connectivity index (χ3n) is 3.04. The van der Waals surface area contributed by atoms with Gasteiger partial charge in [-0.05, 0) is 12.8 Å². The Kier molecular flexibility index (Phi) is 5.15. The molecule has 1 atom stereocenters. The predicted octanol–water partition coefficient (Wildman–Crippen LogP) is 0.570. The van der Waals surface area contributed by atoms with Crippen LogP contribution >= 0.6 is 0 Å². The number of amides is 1. The second kappa shape index (κ2) is 6.39. The summed E-state index contributed by atoms with van der Waals surface area (Å²) in [6.07, 6.45) is 3.07. The first-order valence-corrected chi connectivity index (χ1v) is 5.88. The number of carbonyl (C=O) groups is 2. The van der Waals surface area contributed by atoms with Crippen LogP contribution in [0.4, 0.5) is 0 Å². The fourth-order valence-electron chi connectivity index (χ4n) is 2.14. The molecule has 0 saturated carbocycles. The summed E-state index contributed by atoms with van der Waals surface area (Å²) < 4.78 is 0. The standard InChI is InChI=1S/C12H20N2O3/c1-3-7-14-9-4-8-13(2)12(17)10(14)5-6-11(15)16/h3,10H,1,4-9H2,2H3,(H,15,16). The Bertz CT molecular complexity index is 304. The first-order chi connectivity index (χ1) is 8.06. The van der Waals surface area contributed by atoms with Crippen molar-refractivity contribution in [2.24, 2.45) is 0 Å². The van der Waals surface area contributed by atoms with E-state index >= 15 is 0 Å². The Balaban J connectivity index is 2.74. The fourth-order valence-corrected chi connectivity index (χ4v) is 2.14. The summed E-state index contributed by atoms with van der Waals surface area (Å²) in [6, 6.07) is -0.323. The molecule has 1 fully saturated rings. The highest BCUT2D eigenvalue weighted by Crippen LogP contribution is 2.15. The fraction of sp³-hybridized carbons (Fsp3) is 0.667. The lowest BCUT2D eigenvalue weighted by Gasteiger charge is -2.28. The van der Waals surface area contributed by atoms with Gasteiger partial charge in [-0.25, -0.2) is 0 Å². The number of rotatable bonds is 5. The SMILES string of the molecule is C=CCN1CCCN(C)C(=O)C1CCC(=O)O. The van der Waals surface area contributed by atoms with Gasteiger partial charge >= 0.3 is 5.97 Å². The molecule has 1 amide bonds. The molecule has 0 aliphatic carbocycles. The highest BCUT2D eigenvalue weighted by Gasteiger charge is 2.30. The van der Waals surface area contributed by atoms with Crippen molar-refractivity contribution in [3.8, 4) is 0 Å². The van der Waals surface area contributed by atoms with Crippen molar-refractivity contribution in [1.29, 1.82) is 0 Å². The topological polar surface area (TPSA) is 60.9 Å². The van der Waals surface area contributed by atoms with Crippen LogP contribution in [0.5, 0.6) is 0 Å². The van der Waals surface area contributed by atoms with Crippen molar-refractivity contribution in [3.63, 3.8) is 0 Å². The van der Waals surface area contributed by atoms with Gasteiger partial charge < -0.3 is 10.0 Å². The average molecular weight is 240 g/mol. The number of carbonyl (C=O) groups excluding carboxylic acids is 1. The van der Waals surface area contributed by atoms with Crippen LogP contribution in [0.25, 0.3) is 0 Å². The van der Waals surface area contributed by atoms with E-state index in [9.17, 15) is 9.59 Å². The number of hydrogen-bond acceptors (Lipinski definition) is 3. The van der Waals surface area contributed by atoms with E-state index in [4.69, 9.17) is 5.11 Å². The maximum Gasteiger partial charge on any atom is 0.303 e. The lowest BCUT2D eigenvalue weighted by molar-refractivity contribution is -0.138. The normalized spacial score (nSPS) is 22.3. The molecule has 5 nitrogen and oxygen atoms in total. The molecule has 1 N–H and O–H groups in total. The minimum Gasteiger partial charge on any atom is -0.481 e. The van der Waals surface area contributed by atoms with Gasteiger partial charge in [0.05, 0.1) is 6.04 Å². The number of likely N-dealkylation sites (N-methyl/N-ethyl adjacent to an activating group) is 1. The van der Waals surface area contributed by atoms with E-state index in [2.05, 4.69) is 6.58 Å². The molecule has 5 heteroatoms. The molecular formula is C12H20N2O3. The Morgan fingerprint density at radius 3 is 2.88 bits per heavy atom. The van der Waals surface area contributed by atoms with Gasteiger partial charge in [-0.2, -0.15) is 0 Å². The van der Waals surface area contributed by atoms with Crippen molar-refractivity contribution in [2.75, 3.05) is 26.7 Å². The van der Waals surface area contributed by atoms with Gasteiger partial charge in [0, 0.05) is 33.1 Å². The van der Waals surface area contributed by atoms with Crippen LogP contribution in [0.2, 0.25) is 0 Å². The van der Waals surface area contributed by atoms with Gasteiger partial charge in [0.25, 0.3) is 0 Å². The van der Waals surface area contributed by atoms with Crippen LogP contribution in [0.1, 0.15) is 19.3 Å². The van der Waals surface area contributed by atoms with Gasteiger partial charge in [-0.3, -0.25) is 14.5 Å². The summed E-state index contributed by atoms with van der Waals surface area (Å²) in [6.45, 7) is 5.85. The second-order valence-corrected chi connectivity index (χ2v) is 4.35. The quantitative estimate of drug-likeness (QED) is 0.714. The number of hydrogen-bond donors (Lipinski definition) is 1. The summed E-state index contributed by atoms with van der Waals surface area (Å²) in [7, 11) is 1.77. The van der Waals surface area contributed by atoms with Gasteiger partial charge in [0.2, 0.25) is 5.91 Å². The lowest BCUT2D eigenvalue weighted by Crippen LogP contribution is -2.45. The molecule has 96 valence electrons. The smallest absolute Gasteiger partial charge is 0.303 e. The van der Waals surface area contributed by atoms with E-state index in [1.807, 2.05) is 4.90 Å². The summed E-state index contributed by atoms with van der Waals surface area (Å²) in [5, 5.41) is 8.72. The molecule has 1 aliphatic heterocycles. The van der Waals surface area contributed by atoms with Gasteiger partial charge in [-0.15, -0.1) is 6.58 Å². The van der Waals surface area contributed by atoms with E-state index < -0.39 is 5.97 Å². The lowest BCUT2D eigenvalue weighted by atomic mass is 10.1. The Morgan fingerprint density at radius 1 is 1.59 bits per heavy atom. The average Bonchev–Trinajstić information content (AvgIpc) is 2.39. The number of nitrogens with zero attached hydrogens (tertiary/aromatic N) is 2. The summed E-state index contributed by atoms with van der Waals surface area (Å²) in [5.41, 5.74) is 0. The highest BCUT2D eigenvalue weighted by atomic mass is 16.4.